The fourth-order valence-electron chi connectivity index (χ4n) is 2.97. The largest absolute Gasteiger partial charge is 0.381 e. The molecule has 1 aliphatic heterocycles. The molecule has 0 aromatic carbocycles. The number of hydrogen-bond donors (Lipinski definition) is 2. The van der Waals surface area contributed by atoms with Gasteiger partial charge in [0.1, 0.15) is 0 Å². The first-order valence-corrected chi connectivity index (χ1v) is 6.59. The van der Waals surface area contributed by atoms with Crippen LogP contribution in [0.25, 0.3) is 0 Å². The van der Waals surface area contributed by atoms with E-state index in [1.54, 1.807) is 7.11 Å². The number of carbonyl (C=O) groups excluding carboxylic acids is 1. The van der Waals surface area contributed by atoms with Gasteiger partial charge in [-0.2, -0.15) is 0 Å². The van der Waals surface area contributed by atoms with Gasteiger partial charge >= 0.3 is 0 Å². The van der Waals surface area contributed by atoms with Gasteiger partial charge in [-0.05, 0) is 19.3 Å². The zero-order valence-electron chi connectivity index (χ0n) is 11.1. The van der Waals surface area contributed by atoms with Crippen LogP contribution in [0.2, 0.25) is 0 Å². The minimum absolute atomic E-state index is 0.178. The first-order chi connectivity index (χ1) is 8.04. The molecule has 2 rings (SSSR count). The highest BCUT2D eigenvalue weighted by atomic mass is 16.5. The van der Waals surface area contributed by atoms with E-state index in [-0.39, 0.29) is 11.3 Å². The van der Waals surface area contributed by atoms with Crippen LogP contribution in [0.1, 0.15) is 39.5 Å². The highest BCUT2D eigenvalue weighted by Crippen LogP contribution is 2.42. The number of ether oxygens (including phenoxy) is 1. The number of methoxy groups -OCH3 is 1. The summed E-state index contributed by atoms with van der Waals surface area (Å²) in [5.41, 5.74) is 0.178. The van der Waals surface area contributed by atoms with E-state index in [4.69, 9.17) is 4.74 Å². The van der Waals surface area contributed by atoms with Gasteiger partial charge in [-0.15, -0.1) is 0 Å². The summed E-state index contributed by atoms with van der Waals surface area (Å²) in [5, 5.41) is 6.56. The molecule has 17 heavy (non-hydrogen) atoms. The Morgan fingerprint density at radius 1 is 1.47 bits per heavy atom. The zero-order chi connectivity index (χ0) is 12.5. The summed E-state index contributed by atoms with van der Waals surface area (Å²) < 4.78 is 5.45. The van der Waals surface area contributed by atoms with Crippen LogP contribution < -0.4 is 10.6 Å². The molecule has 0 aromatic rings. The van der Waals surface area contributed by atoms with Crippen molar-refractivity contribution < 1.29 is 9.53 Å². The molecule has 1 aliphatic carbocycles. The molecule has 1 heterocycles. The van der Waals surface area contributed by atoms with E-state index in [0.717, 1.165) is 25.8 Å². The molecular weight excluding hydrogens is 216 g/mol. The van der Waals surface area contributed by atoms with Gasteiger partial charge in [-0.1, -0.05) is 13.8 Å². The SMILES string of the molecule is COC1CC(NC2CCCNC(=O)C2)C1(C)C. The van der Waals surface area contributed by atoms with Crippen molar-refractivity contribution in [2.75, 3.05) is 13.7 Å². The third-order valence-corrected chi connectivity index (χ3v) is 4.38. The van der Waals surface area contributed by atoms with Gasteiger partial charge in [0, 0.05) is 37.6 Å². The van der Waals surface area contributed by atoms with Crippen molar-refractivity contribution in [2.24, 2.45) is 5.41 Å². The maximum atomic E-state index is 11.5. The molecule has 2 fully saturated rings. The van der Waals surface area contributed by atoms with Crippen molar-refractivity contribution in [3.8, 4) is 0 Å². The summed E-state index contributed by atoms with van der Waals surface area (Å²) in [7, 11) is 1.78. The predicted octanol–water partition coefficient (Wildman–Crippen LogP) is 1.06. The predicted molar refractivity (Wildman–Crippen MR) is 66.8 cm³/mol. The summed E-state index contributed by atoms with van der Waals surface area (Å²) in [6.45, 7) is 5.30. The lowest BCUT2D eigenvalue weighted by Gasteiger charge is -2.52. The van der Waals surface area contributed by atoms with Gasteiger partial charge in [0.2, 0.25) is 5.91 Å². The smallest absolute Gasteiger partial charge is 0.221 e. The number of rotatable bonds is 3. The molecular formula is C13H24N2O2. The van der Waals surface area contributed by atoms with Crippen molar-refractivity contribution in [3.05, 3.63) is 0 Å². The molecule has 0 aromatic heterocycles. The summed E-state index contributed by atoms with van der Waals surface area (Å²) in [6.07, 6.45) is 4.18. The Balaban J connectivity index is 1.87. The topological polar surface area (TPSA) is 50.4 Å². The van der Waals surface area contributed by atoms with E-state index >= 15 is 0 Å². The van der Waals surface area contributed by atoms with E-state index in [2.05, 4.69) is 24.5 Å². The summed E-state index contributed by atoms with van der Waals surface area (Å²) in [5.74, 6) is 0.181. The highest BCUT2D eigenvalue weighted by molar-refractivity contribution is 5.76. The summed E-state index contributed by atoms with van der Waals surface area (Å²) in [4.78, 5) is 11.5. The van der Waals surface area contributed by atoms with Crippen LogP contribution in [0.15, 0.2) is 0 Å². The monoisotopic (exact) mass is 240 g/mol. The van der Waals surface area contributed by atoms with Gasteiger partial charge in [-0.3, -0.25) is 4.79 Å². The van der Waals surface area contributed by atoms with Crippen LogP contribution in [0, 0.1) is 5.41 Å². The highest BCUT2D eigenvalue weighted by Gasteiger charge is 2.49. The van der Waals surface area contributed by atoms with Gasteiger partial charge in [0.15, 0.2) is 0 Å². The number of carbonyl (C=O) groups is 1. The fourth-order valence-corrected chi connectivity index (χ4v) is 2.97. The lowest BCUT2D eigenvalue weighted by Crippen LogP contribution is -2.62. The molecule has 0 spiro atoms. The third-order valence-electron chi connectivity index (χ3n) is 4.38. The first kappa shape index (κ1) is 12.8. The van der Waals surface area contributed by atoms with E-state index in [1.807, 2.05) is 0 Å². The minimum atomic E-state index is 0.178. The Kier molecular flexibility index (Phi) is 3.73. The summed E-state index contributed by atoms with van der Waals surface area (Å²) in [6, 6.07) is 0.808. The molecule has 0 radical (unpaired) electrons. The number of hydrogen-bond acceptors (Lipinski definition) is 3. The molecule has 0 bridgehead atoms. The quantitative estimate of drug-likeness (QED) is 0.775. The average Bonchev–Trinajstić information content (AvgIpc) is 2.48. The van der Waals surface area contributed by atoms with Crippen LogP contribution in [-0.4, -0.2) is 37.7 Å². The molecule has 1 saturated carbocycles. The fraction of sp³-hybridized carbons (Fsp3) is 0.923. The first-order valence-electron chi connectivity index (χ1n) is 6.59. The maximum Gasteiger partial charge on any atom is 0.221 e. The van der Waals surface area contributed by atoms with E-state index < -0.39 is 0 Å². The Morgan fingerprint density at radius 3 is 2.88 bits per heavy atom. The molecule has 1 saturated heterocycles. The Morgan fingerprint density at radius 2 is 2.24 bits per heavy atom. The second kappa shape index (κ2) is 4.94. The molecule has 3 atom stereocenters. The van der Waals surface area contributed by atoms with E-state index in [1.165, 1.54) is 0 Å². The molecule has 4 heteroatoms. The lowest BCUT2D eigenvalue weighted by molar-refractivity contribution is -0.122. The van der Waals surface area contributed by atoms with Crippen LogP contribution in [0.4, 0.5) is 0 Å². The second-order valence-corrected chi connectivity index (χ2v) is 5.89. The third kappa shape index (κ3) is 2.63. The molecule has 2 N–H and O–H groups in total. The van der Waals surface area contributed by atoms with E-state index in [0.29, 0.717) is 24.6 Å². The number of amides is 1. The van der Waals surface area contributed by atoms with Crippen molar-refractivity contribution in [1.29, 1.82) is 0 Å². The summed E-state index contributed by atoms with van der Waals surface area (Å²) >= 11 is 0. The molecule has 1 amide bonds. The minimum Gasteiger partial charge on any atom is -0.381 e. The van der Waals surface area contributed by atoms with E-state index in [9.17, 15) is 4.79 Å². The van der Waals surface area contributed by atoms with Crippen LogP contribution in [0.3, 0.4) is 0 Å². The van der Waals surface area contributed by atoms with Crippen molar-refractivity contribution >= 4 is 5.91 Å². The van der Waals surface area contributed by atoms with Gasteiger partial charge < -0.3 is 15.4 Å². The number of nitrogens with one attached hydrogen (secondary N) is 2. The van der Waals surface area contributed by atoms with Gasteiger partial charge in [-0.25, -0.2) is 0 Å². The van der Waals surface area contributed by atoms with Crippen LogP contribution >= 0.6 is 0 Å². The average molecular weight is 240 g/mol. The normalized spacial score (nSPS) is 36.9. The van der Waals surface area contributed by atoms with Crippen LogP contribution in [0.5, 0.6) is 0 Å². The Bertz CT molecular complexity index is 291. The Labute approximate surface area is 103 Å². The van der Waals surface area contributed by atoms with Crippen molar-refractivity contribution in [3.63, 3.8) is 0 Å². The van der Waals surface area contributed by atoms with Crippen molar-refractivity contribution in [1.82, 2.24) is 10.6 Å². The van der Waals surface area contributed by atoms with Gasteiger partial charge in [0.25, 0.3) is 0 Å². The van der Waals surface area contributed by atoms with Crippen molar-refractivity contribution in [2.45, 2.75) is 57.7 Å². The second-order valence-electron chi connectivity index (χ2n) is 5.89. The molecule has 3 unspecified atom stereocenters. The molecule has 4 nitrogen and oxygen atoms in total. The molecule has 98 valence electrons. The van der Waals surface area contributed by atoms with Crippen LogP contribution in [-0.2, 0) is 9.53 Å². The maximum absolute atomic E-state index is 11.5. The lowest BCUT2D eigenvalue weighted by atomic mass is 9.64. The zero-order valence-corrected chi connectivity index (χ0v) is 11.1. The molecule has 2 aliphatic rings. The Hall–Kier alpha value is -0.610. The van der Waals surface area contributed by atoms with Gasteiger partial charge in [0.05, 0.1) is 6.10 Å². The standard InChI is InChI=1S/C13H24N2O2/c1-13(2)10(8-11(13)17-3)15-9-5-4-6-14-12(16)7-9/h9-11,15H,4-8H2,1-3H3,(H,14,16).